The molecule has 0 bridgehead atoms. The van der Waals surface area contributed by atoms with Crippen molar-refractivity contribution in [1.29, 1.82) is 0 Å². The summed E-state index contributed by atoms with van der Waals surface area (Å²) < 4.78 is 0. The van der Waals surface area contributed by atoms with E-state index in [1.165, 1.54) is 0 Å². The fraction of sp³-hybridized carbons (Fsp3) is 0.250. The van der Waals surface area contributed by atoms with Crippen LogP contribution in [0.2, 0.25) is 10.0 Å². The first kappa shape index (κ1) is 14.4. The lowest BCUT2D eigenvalue weighted by molar-refractivity contribution is 0.178. The second-order valence-electron chi connectivity index (χ2n) is 4.80. The predicted molar refractivity (Wildman–Crippen MR) is 81.0 cm³/mol. The number of hydrogen-bond acceptors (Lipinski definition) is 1. The molecule has 3 heteroatoms. The largest absolute Gasteiger partial charge is 0.388 e. The zero-order valence-electron chi connectivity index (χ0n) is 11.0. The van der Waals surface area contributed by atoms with Crippen molar-refractivity contribution in [2.24, 2.45) is 0 Å². The molecule has 0 aliphatic rings. The van der Waals surface area contributed by atoms with Crippen LogP contribution in [0.3, 0.4) is 0 Å². The van der Waals surface area contributed by atoms with Gasteiger partial charge in [-0.15, -0.1) is 0 Å². The standard InChI is InChI=1S/C16H16Cl2O/c1-10-7-14(15(18)8-11(10)2)16(19)9-12-3-5-13(17)6-4-12/h3-8,16,19H,9H2,1-2H3. The molecule has 0 saturated heterocycles. The molecular weight excluding hydrogens is 279 g/mol. The summed E-state index contributed by atoms with van der Waals surface area (Å²) in [5.41, 5.74) is 4.08. The summed E-state index contributed by atoms with van der Waals surface area (Å²) in [7, 11) is 0. The van der Waals surface area contributed by atoms with E-state index in [1.807, 2.05) is 50.2 Å². The van der Waals surface area contributed by atoms with Crippen molar-refractivity contribution >= 4 is 23.2 Å². The Balaban J connectivity index is 2.22. The molecule has 0 amide bonds. The van der Waals surface area contributed by atoms with E-state index >= 15 is 0 Å². The summed E-state index contributed by atoms with van der Waals surface area (Å²) in [5.74, 6) is 0. The van der Waals surface area contributed by atoms with Gasteiger partial charge in [0.15, 0.2) is 0 Å². The van der Waals surface area contributed by atoms with Gasteiger partial charge in [0.05, 0.1) is 6.10 Å². The van der Waals surface area contributed by atoms with Crippen LogP contribution in [0.15, 0.2) is 36.4 Å². The topological polar surface area (TPSA) is 20.2 Å². The Bertz CT molecular complexity index is 576. The highest BCUT2D eigenvalue weighted by molar-refractivity contribution is 6.31. The van der Waals surface area contributed by atoms with Crippen LogP contribution in [-0.4, -0.2) is 5.11 Å². The van der Waals surface area contributed by atoms with Gasteiger partial charge in [-0.2, -0.15) is 0 Å². The predicted octanol–water partition coefficient (Wildman–Crippen LogP) is 4.89. The molecule has 1 nitrogen and oxygen atoms in total. The van der Waals surface area contributed by atoms with Crippen LogP contribution < -0.4 is 0 Å². The summed E-state index contributed by atoms with van der Waals surface area (Å²) in [6.45, 7) is 4.03. The van der Waals surface area contributed by atoms with Crippen molar-refractivity contribution in [3.63, 3.8) is 0 Å². The third-order valence-corrected chi connectivity index (χ3v) is 3.89. The second kappa shape index (κ2) is 5.96. The number of benzene rings is 2. The van der Waals surface area contributed by atoms with Gasteiger partial charge in [0.1, 0.15) is 0 Å². The molecule has 0 heterocycles. The zero-order chi connectivity index (χ0) is 14.0. The molecule has 0 fully saturated rings. The molecular formula is C16H16Cl2O. The molecule has 1 atom stereocenters. The number of aliphatic hydroxyl groups excluding tert-OH is 1. The maximum absolute atomic E-state index is 10.3. The fourth-order valence-electron chi connectivity index (χ4n) is 2.01. The van der Waals surface area contributed by atoms with Gasteiger partial charge < -0.3 is 5.11 Å². The molecule has 1 N–H and O–H groups in total. The van der Waals surface area contributed by atoms with Crippen molar-refractivity contribution in [3.05, 3.63) is 68.7 Å². The van der Waals surface area contributed by atoms with E-state index in [9.17, 15) is 5.11 Å². The van der Waals surface area contributed by atoms with E-state index < -0.39 is 6.10 Å². The number of halogens is 2. The van der Waals surface area contributed by atoms with Crippen molar-refractivity contribution in [1.82, 2.24) is 0 Å². The minimum absolute atomic E-state index is 0.527. The number of aliphatic hydroxyl groups is 1. The van der Waals surface area contributed by atoms with Gasteiger partial charge in [0.2, 0.25) is 0 Å². The Kier molecular flexibility index (Phi) is 4.51. The summed E-state index contributed by atoms with van der Waals surface area (Å²) in [4.78, 5) is 0. The number of hydrogen-bond donors (Lipinski definition) is 1. The average molecular weight is 295 g/mol. The monoisotopic (exact) mass is 294 g/mol. The molecule has 0 radical (unpaired) electrons. The highest BCUT2D eigenvalue weighted by atomic mass is 35.5. The molecule has 2 rings (SSSR count). The number of aryl methyl sites for hydroxylation is 2. The van der Waals surface area contributed by atoms with E-state index in [1.54, 1.807) is 0 Å². The molecule has 0 spiro atoms. The average Bonchev–Trinajstić information content (AvgIpc) is 2.36. The van der Waals surface area contributed by atoms with Crippen molar-refractivity contribution < 1.29 is 5.11 Å². The van der Waals surface area contributed by atoms with Crippen LogP contribution in [0.4, 0.5) is 0 Å². The molecule has 1 unspecified atom stereocenters. The van der Waals surface area contributed by atoms with Gasteiger partial charge in [0.25, 0.3) is 0 Å². The maximum atomic E-state index is 10.3. The minimum atomic E-state index is -0.604. The first-order chi connectivity index (χ1) is 8.97. The molecule has 2 aromatic carbocycles. The Hall–Kier alpha value is -1.02. The highest BCUT2D eigenvalue weighted by Gasteiger charge is 2.13. The summed E-state index contributed by atoms with van der Waals surface area (Å²) in [5, 5.41) is 11.6. The quantitative estimate of drug-likeness (QED) is 0.855. The first-order valence-electron chi connectivity index (χ1n) is 6.16. The van der Waals surface area contributed by atoms with E-state index in [-0.39, 0.29) is 0 Å². The maximum Gasteiger partial charge on any atom is 0.0844 e. The minimum Gasteiger partial charge on any atom is -0.388 e. The zero-order valence-corrected chi connectivity index (χ0v) is 12.5. The summed E-state index contributed by atoms with van der Waals surface area (Å²) >= 11 is 12.1. The first-order valence-corrected chi connectivity index (χ1v) is 6.92. The van der Waals surface area contributed by atoms with Gasteiger partial charge in [-0.05, 0) is 54.3 Å². The smallest absolute Gasteiger partial charge is 0.0844 e. The molecule has 0 aliphatic carbocycles. The van der Waals surface area contributed by atoms with Crippen LogP contribution in [0.25, 0.3) is 0 Å². The van der Waals surface area contributed by atoms with Crippen LogP contribution in [0.1, 0.15) is 28.4 Å². The molecule has 0 aliphatic heterocycles. The van der Waals surface area contributed by atoms with Crippen LogP contribution >= 0.6 is 23.2 Å². The third-order valence-electron chi connectivity index (χ3n) is 3.31. The normalized spacial score (nSPS) is 12.5. The lowest BCUT2D eigenvalue weighted by Gasteiger charge is -2.15. The summed E-state index contributed by atoms with van der Waals surface area (Å²) in [6, 6.07) is 11.3. The van der Waals surface area contributed by atoms with Crippen LogP contribution in [-0.2, 0) is 6.42 Å². The number of rotatable bonds is 3. The Morgan fingerprint density at radius 3 is 2.21 bits per heavy atom. The summed E-state index contributed by atoms with van der Waals surface area (Å²) in [6.07, 6.45) is -0.0766. The third kappa shape index (κ3) is 3.50. The molecule has 0 saturated carbocycles. The fourth-order valence-corrected chi connectivity index (χ4v) is 2.48. The SMILES string of the molecule is Cc1cc(Cl)c(C(O)Cc2ccc(Cl)cc2)cc1C. The second-order valence-corrected chi connectivity index (χ2v) is 5.65. The van der Waals surface area contributed by atoms with Gasteiger partial charge in [-0.1, -0.05) is 41.4 Å². The van der Waals surface area contributed by atoms with Crippen LogP contribution in [0, 0.1) is 13.8 Å². The van der Waals surface area contributed by atoms with Crippen molar-refractivity contribution in [2.75, 3.05) is 0 Å². The Labute approximate surface area is 123 Å². The van der Waals surface area contributed by atoms with Crippen molar-refractivity contribution in [3.8, 4) is 0 Å². The van der Waals surface area contributed by atoms with E-state index in [0.717, 1.165) is 22.3 Å². The van der Waals surface area contributed by atoms with E-state index in [2.05, 4.69) is 0 Å². The van der Waals surface area contributed by atoms with Gasteiger partial charge in [-0.3, -0.25) is 0 Å². The van der Waals surface area contributed by atoms with E-state index in [4.69, 9.17) is 23.2 Å². The van der Waals surface area contributed by atoms with E-state index in [0.29, 0.717) is 16.5 Å². The molecule has 19 heavy (non-hydrogen) atoms. The molecule has 100 valence electrons. The Morgan fingerprint density at radius 2 is 1.58 bits per heavy atom. The van der Waals surface area contributed by atoms with Gasteiger partial charge in [0, 0.05) is 16.5 Å². The van der Waals surface area contributed by atoms with Crippen LogP contribution in [0.5, 0.6) is 0 Å². The lowest BCUT2D eigenvalue weighted by atomic mass is 9.98. The van der Waals surface area contributed by atoms with Gasteiger partial charge >= 0.3 is 0 Å². The molecule has 2 aromatic rings. The van der Waals surface area contributed by atoms with Gasteiger partial charge in [-0.25, -0.2) is 0 Å². The van der Waals surface area contributed by atoms with Crippen molar-refractivity contribution in [2.45, 2.75) is 26.4 Å². The molecule has 0 aromatic heterocycles. The highest BCUT2D eigenvalue weighted by Crippen LogP contribution is 2.28. The Morgan fingerprint density at radius 1 is 1.00 bits per heavy atom. The lowest BCUT2D eigenvalue weighted by Crippen LogP contribution is -2.03.